The van der Waals surface area contributed by atoms with Crippen molar-refractivity contribution in [2.24, 2.45) is 4.99 Å². The molecule has 0 spiro atoms. The molecule has 31 heavy (non-hydrogen) atoms. The van der Waals surface area contributed by atoms with Crippen LogP contribution >= 0.6 is 24.0 Å². The van der Waals surface area contributed by atoms with E-state index in [0.29, 0.717) is 11.6 Å². The highest BCUT2D eigenvalue weighted by Crippen LogP contribution is 2.19. The van der Waals surface area contributed by atoms with Gasteiger partial charge >= 0.3 is 0 Å². The van der Waals surface area contributed by atoms with E-state index in [1.54, 1.807) is 14.1 Å². The summed E-state index contributed by atoms with van der Waals surface area (Å²) >= 11 is 0. The van der Waals surface area contributed by atoms with Gasteiger partial charge in [0.15, 0.2) is 5.96 Å². The quantitative estimate of drug-likeness (QED) is 0.276. The first-order valence-corrected chi connectivity index (χ1v) is 10.7. The average Bonchev–Trinajstić information content (AvgIpc) is 3.23. The molecule has 1 aliphatic rings. The maximum atomic E-state index is 11.8. The maximum absolute atomic E-state index is 11.8. The Labute approximate surface area is 202 Å². The first-order valence-electron chi connectivity index (χ1n) is 10.7. The van der Waals surface area contributed by atoms with Gasteiger partial charge in [0.25, 0.3) is 5.91 Å². The number of benzene rings is 2. The molecule has 6 nitrogen and oxygen atoms in total. The number of halogens is 1. The van der Waals surface area contributed by atoms with Crippen LogP contribution in [0.1, 0.15) is 34.3 Å². The van der Waals surface area contributed by atoms with Crippen molar-refractivity contribution < 1.29 is 4.79 Å². The van der Waals surface area contributed by atoms with Crippen molar-refractivity contribution in [3.63, 3.8) is 0 Å². The molecule has 1 unspecified atom stereocenters. The van der Waals surface area contributed by atoms with E-state index in [9.17, 15) is 4.79 Å². The highest BCUT2D eigenvalue weighted by Gasteiger charge is 2.24. The zero-order valence-electron chi connectivity index (χ0n) is 18.4. The maximum Gasteiger partial charge on any atom is 0.251 e. The zero-order chi connectivity index (χ0) is 21.2. The summed E-state index contributed by atoms with van der Waals surface area (Å²) < 4.78 is 0. The molecule has 168 valence electrons. The van der Waals surface area contributed by atoms with Crippen molar-refractivity contribution in [3.8, 4) is 0 Å². The Bertz CT molecular complexity index is 843. The molecule has 7 heteroatoms. The lowest BCUT2D eigenvalue weighted by molar-refractivity contribution is 0.0963. The van der Waals surface area contributed by atoms with Gasteiger partial charge < -0.3 is 16.0 Å². The summed E-state index contributed by atoms with van der Waals surface area (Å²) in [6.07, 6.45) is 3.28. The number of amides is 1. The van der Waals surface area contributed by atoms with Crippen LogP contribution in [0, 0.1) is 0 Å². The molecule has 3 rings (SSSR count). The summed E-state index contributed by atoms with van der Waals surface area (Å²) in [4.78, 5) is 18.7. The van der Waals surface area contributed by atoms with E-state index < -0.39 is 0 Å². The molecule has 2 aromatic carbocycles. The number of likely N-dealkylation sites (tertiary alicyclic amines) is 1. The molecular weight excluding hydrogens is 501 g/mol. The van der Waals surface area contributed by atoms with Crippen LogP contribution in [-0.4, -0.2) is 56.5 Å². The van der Waals surface area contributed by atoms with E-state index in [1.165, 1.54) is 18.4 Å². The lowest BCUT2D eigenvalue weighted by atomic mass is 10.1. The first-order chi connectivity index (χ1) is 14.7. The SMILES string of the molecule is CN=C(NCCc1cccc(C(=O)NC)c1)NCC1CCCN1Cc1ccccc1.I. The van der Waals surface area contributed by atoms with Gasteiger partial charge in [-0.3, -0.25) is 14.7 Å². The van der Waals surface area contributed by atoms with Gasteiger partial charge in [0.05, 0.1) is 0 Å². The number of nitrogens with zero attached hydrogens (tertiary/aromatic N) is 2. The van der Waals surface area contributed by atoms with Gasteiger partial charge in [0.2, 0.25) is 0 Å². The Morgan fingerprint density at radius 3 is 2.61 bits per heavy atom. The molecule has 1 fully saturated rings. The number of nitrogens with one attached hydrogen (secondary N) is 3. The van der Waals surface area contributed by atoms with Crippen LogP contribution in [0.3, 0.4) is 0 Å². The standard InChI is InChI=1S/C24H33N5O.HI/c1-25-23(30)21-11-6-10-19(16-21)13-14-27-24(26-2)28-17-22-12-7-15-29(22)18-20-8-4-3-5-9-20;/h3-6,8-11,16,22H,7,12-15,17-18H2,1-2H3,(H,25,30)(H2,26,27,28);1H. The number of carbonyl (C=O) groups is 1. The molecule has 1 atom stereocenters. The number of carbonyl (C=O) groups excluding carboxylic acids is 1. The third-order valence-electron chi connectivity index (χ3n) is 5.58. The van der Waals surface area contributed by atoms with E-state index in [4.69, 9.17) is 0 Å². The van der Waals surface area contributed by atoms with Crippen molar-refractivity contribution in [1.82, 2.24) is 20.9 Å². The predicted octanol–water partition coefficient (Wildman–Crippen LogP) is 3.04. The fourth-order valence-electron chi connectivity index (χ4n) is 3.93. The van der Waals surface area contributed by atoms with Crippen LogP contribution in [0.2, 0.25) is 0 Å². The summed E-state index contributed by atoms with van der Waals surface area (Å²) in [6, 6.07) is 18.9. The van der Waals surface area contributed by atoms with Gasteiger partial charge in [-0.05, 0) is 49.1 Å². The lowest BCUT2D eigenvalue weighted by Gasteiger charge is -2.25. The first kappa shape index (κ1) is 25.1. The summed E-state index contributed by atoms with van der Waals surface area (Å²) in [5.74, 6) is 0.767. The Kier molecular flexibility index (Phi) is 10.8. The molecule has 0 aliphatic carbocycles. The second-order valence-corrected chi connectivity index (χ2v) is 7.66. The van der Waals surface area contributed by atoms with Gasteiger partial charge in [-0.15, -0.1) is 24.0 Å². The smallest absolute Gasteiger partial charge is 0.251 e. The van der Waals surface area contributed by atoms with Crippen LogP contribution < -0.4 is 16.0 Å². The van der Waals surface area contributed by atoms with Crippen molar-refractivity contribution >= 4 is 35.8 Å². The lowest BCUT2D eigenvalue weighted by Crippen LogP contribution is -2.45. The van der Waals surface area contributed by atoms with E-state index in [-0.39, 0.29) is 29.9 Å². The number of guanidine groups is 1. The molecule has 1 heterocycles. The highest BCUT2D eigenvalue weighted by molar-refractivity contribution is 14.0. The Morgan fingerprint density at radius 2 is 1.87 bits per heavy atom. The molecule has 1 saturated heterocycles. The minimum absolute atomic E-state index is 0. The highest BCUT2D eigenvalue weighted by atomic mass is 127. The Hall–Kier alpha value is -2.13. The fraction of sp³-hybridized carbons (Fsp3) is 0.417. The van der Waals surface area contributed by atoms with Gasteiger partial charge in [0.1, 0.15) is 0 Å². The van der Waals surface area contributed by atoms with Gasteiger partial charge in [-0.1, -0.05) is 42.5 Å². The molecule has 0 bridgehead atoms. The Morgan fingerprint density at radius 1 is 1.10 bits per heavy atom. The number of rotatable bonds is 8. The van der Waals surface area contributed by atoms with E-state index in [0.717, 1.165) is 44.1 Å². The zero-order valence-corrected chi connectivity index (χ0v) is 20.8. The average molecular weight is 535 g/mol. The number of hydrogen-bond donors (Lipinski definition) is 3. The fourth-order valence-corrected chi connectivity index (χ4v) is 3.93. The summed E-state index contributed by atoms with van der Waals surface area (Å²) in [7, 11) is 3.45. The van der Waals surface area contributed by atoms with Crippen LogP contribution in [-0.2, 0) is 13.0 Å². The molecule has 1 amide bonds. The summed E-state index contributed by atoms with van der Waals surface area (Å²) in [5, 5.41) is 9.54. The van der Waals surface area contributed by atoms with Crippen molar-refractivity contribution in [3.05, 3.63) is 71.3 Å². The van der Waals surface area contributed by atoms with E-state index in [1.807, 2.05) is 24.3 Å². The summed E-state index contributed by atoms with van der Waals surface area (Å²) in [6.45, 7) is 3.80. The van der Waals surface area contributed by atoms with Crippen molar-refractivity contribution in [2.45, 2.75) is 31.8 Å². The normalized spacial score (nSPS) is 16.5. The van der Waals surface area contributed by atoms with Crippen molar-refractivity contribution in [2.75, 3.05) is 33.7 Å². The molecule has 2 aromatic rings. The van der Waals surface area contributed by atoms with E-state index in [2.05, 4.69) is 56.2 Å². The van der Waals surface area contributed by atoms with Crippen molar-refractivity contribution in [1.29, 1.82) is 0 Å². The van der Waals surface area contributed by atoms with Gasteiger partial charge in [-0.2, -0.15) is 0 Å². The van der Waals surface area contributed by atoms with Crippen LogP contribution in [0.15, 0.2) is 59.6 Å². The molecule has 3 N–H and O–H groups in total. The molecule has 0 radical (unpaired) electrons. The third kappa shape index (κ3) is 7.81. The monoisotopic (exact) mass is 535 g/mol. The second kappa shape index (κ2) is 13.3. The number of hydrogen-bond acceptors (Lipinski definition) is 3. The third-order valence-corrected chi connectivity index (χ3v) is 5.58. The van der Waals surface area contributed by atoms with E-state index >= 15 is 0 Å². The Balaban J connectivity index is 0.00000341. The number of aliphatic imine (C=N–C) groups is 1. The minimum atomic E-state index is -0.0566. The predicted molar refractivity (Wildman–Crippen MR) is 138 cm³/mol. The van der Waals surface area contributed by atoms with Gasteiger partial charge in [-0.25, -0.2) is 0 Å². The van der Waals surface area contributed by atoms with Crippen LogP contribution in [0.5, 0.6) is 0 Å². The van der Waals surface area contributed by atoms with Crippen LogP contribution in [0.25, 0.3) is 0 Å². The largest absolute Gasteiger partial charge is 0.356 e. The molecule has 0 aromatic heterocycles. The second-order valence-electron chi connectivity index (χ2n) is 7.66. The molecule has 1 aliphatic heterocycles. The minimum Gasteiger partial charge on any atom is -0.356 e. The van der Waals surface area contributed by atoms with Gasteiger partial charge in [0, 0.05) is 45.3 Å². The molecule has 0 saturated carbocycles. The van der Waals surface area contributed by atoms with Crippen LogP contribution in [0.4, 0.5) is 0 Å². The summed E-state index contributed by atoms with van der Waals surface area (Å²) in [5.41, 5.74) is 3.19. The topological polar surface area (TPSA) is 68.8 Å². The molecular formula is C24H34IN5O.